The van der Waals surface area contributed by atoms with Crippen LogP contribution in [0.25, 0.3) is 10.9 Å². The van der Waals surface area contributed by atoms with Gasteiger partial charge in [0.15, 0.2) is 0 Å². The van der Waals surface area contributed by atoms with E-state index in [0.717, 1.165) is 19.7 Å². The normalized spacial score (nSPS) is 20.6. The van der Waals surface area contributed by atoms with Crippen molar-refractivity contribution in [3.05, 3.63) is 36.0 Å². The van der Waals surface area contributed by atoms with Gasteiger partial charge >= 0.3 is 0 Å². The second kappa shape index (κ2) is 5.98. The number of nitrogens with zero attached hydrogens (tertiary/aromatic N) is 1. The molecule has 2 unspecified atom stereocenters. The van der Waals surface area contributed by atoms with Crippen LogP contribution in [0.5, 0.6) is 0 Å². The van der Waals surface area contributed by atoms with Gasteiger partial charge in [0.25, 0.3) is 0 Å². The van der Waals surface area contributed by atoms with Crippen molar-refractivity contribution in [2.45, 2.75) is 45.4 Å². The van der Waals surface area contributed by atoms with E-state index in [-0.39, 0.29) is 0 Å². The zero-order valence-corrected chi connectivity index (χ0v) is 12.4. The van der Waals surface area contributed by atoms with Crippen LogP contribution < -0.4 is 5.32 Å². The molecule has 1 aliphatic heterocycles. The molecule has 108 valence electrons. The third-order valence-corrected chi connectivity index (χ3v) is 4.37. The van der Waals surface area contributed by atoms with Crippen molar-refractivity contribution in [3.8, 4) is 0 Å². The van der Waals surface area contributed by atoms with Gasteiger partial charge < -0.3 is 14.6 Å². The predicted molar refractivity (Wildman–Crippen MR) is 83.1 cm³/mol. The minimum atomic E-state index is 0.402. The summed E-state index contributed by atoms with van der Waals surface area (Å²) in [5.41, 5.74) is 2.68. The maximum absolute atomic E-state index is 5.72. The van der Waals surface area contributed by atoms with E-state index in [2.05, 4.69) is 54.2 Å². The second-order valence-corrected chi connectivity index (χ2v) is 5.81. The van der Waals surface area contributed by atoms with Crippen LogP contribution in [0.15, 0.2) is 30.5 Å². The van der Waals surface area contributed by atoms with Crippen molar-refractivity contribution < 1.29 is 4.74 Å². The monoisotopic (exact) mass is 272 g/mol. The Balaban J connectivity index is 1.58. The Kier molecular flexibility index (Phi) is 4.08. The van der Waals surface area contributed by atoms with Gasteiger partial charge in [0.2, 0.25) is 0 Å². The van der Waals surface area contributed by atoms with Crippen molar-refractivity contribution in [2.24, 2.45) is 0 Å². The first-order valence-corrected chi connectivity index (χ1v) is 7.65. The molecule has 1 saturated heterocycles. The lowest BCUT2D eigenvalue weighted by Crippen LogP contribution is -2.38. The average Bonchev–Trinajstić information content (AvgIpc) is 3.09. The van der Waals surface area contributed by atoms with Crippen molar-refractivity contribution in [3.63, 3.8) is 0 Å². The maximum Gasteiger partial charge on any atom is 0.0726 e. The van der Waals surface area contributed by atoms with E-state index in [1.54, 1.807) is 0 Å². The lowest BCUT2D eigenvalue weighted by molar-refractivity contribution is 0.0835. The molecule has 0 radical (unpaired) electrons. The number of aryl methyl sites for hydroxylation is 1. The fraction of sp³-hybridized carbons (Fsp3) is 0.529. The van der Waals surface area contributed by atoms with Gasteiger partial charge in [0.05, 0.1) is 6.10 Å². The molecule has 0 spiro atoms. The molecule has 0 bridgehead atoms. The Bertz CT molecular complexity index is 569. The van der Waals surface area contributed by atoms with E-state index >= 15 is 0 Å². The van der Waals surface area contributed by atoms with Gasteiger partial charge in [0, 0.05) is 42.8 Å². The molecule has 0 saturated carbocycles. The van der Waals surface area contributed by atoms with Gasteiger partial charge in [-0.2, -0.15) is 0 Å². The third-order valence-electron chi connectivity index (χ3n) is 4.37. The molecule has 20 heavy (non-hydrogen) atoms. The number of aromatic nitrogens is 1. The van der Waals surface area contributed by atoms with Gasteiger partial charge in [-0.25, -0.2) is 0 Å². The molecule has 1 N–H and O–H groups in total. The predicted octanol–water partition coefficient (Wildman–Crippen LogP) is 3.11. The van der Waals surface area contributed by atoms with Crippen LogP contribution in [-0.4, -0.2) is 29.9 Å². The summed E-state index contributed by atoms with van der Waals surface area (Å²) in [4.78, 5) is 0. The lowest BCUT2D eigenvalue weighted by Gasteiger charge is -2.20. The summed E-state index contributed by atoms with van der Waals surface area (Å²) in [6.07, 6.45) is 4.99. The average molecular weight is 272 g/mol. The zero-order valence-electron chi connectivity index (χ0n) is 12.4. The number of rotatable bonds is 5. The minimum absolute atomic E-state index is 0.402. The van der Waals surface area contributed by atoms with E-state index < -0.39 is 0 Å². The topological polar surface area (TPSA) is 26.2 Å². The molecule has 2 atom stereocenters. The highest BCUT2D eigenvalue weighted by atomic mass is 16.5. The van der Waals surface area contributed by atoms with E-state index in [9.17, 15) is 0 Å². The summed E-state index contributed by atoms with van der Waals surface area (Å²) in [6, 6.07) is 9.17. The summed E-state index contributed by atoms with van der Waals surface area (Å²) in [7, 11) is 0. The van der Waals surface area contributed by atoms with Crippen molar-refractivity contribution >= 4 is 10.9 Å². The Morgan fingerprint density at radius 1 is 1.40 bits per heavy atom. The summed E-state index contributed by atoms with van der Waals surface area (Å²) >= 11 is 0. The Labute approximate surface area is 120 Å². The molecule has 1 fully saturated rings. The SMILES string of the molecule is Cc1cccc2c1ccn2CCNC(C)C1CCCO1. The van der Waals surface area contributed by atoms with Crippen molar-refractivity contribution in [1.82, 2.24) is 9.88 Å². The fourth-order valence-corrected chi connectivity index (χ4v) is 3.11. The second-order valence-electron chi connectivity index (χ2n) is 5.81. The van der Waals surface area contributed by atoms with Crippen molar-refractivity contribution in [1.29, 1.82) is 0 Å². The molecule has 0 amide bonds. The van der Waals surface area contributed by atoms with Crippen LogP contribution in [0.3, 0.4) is 0 Å². The highest BCUT2D eigenvalue weighted by Crippen LogP contribution is 2.19. The molecule has 1 aromatic carbocycles. The smallest absolute Gasteiger partial charge is 0.0726 e. The number of hydrogen-bond donors (Lipinski definition) is 1. The quantitative estimate of drug-likeness (QED) is 0.905. The summed E-state index contributed by atoms with van der Waals surface area (Å²) < 4.78 is 8.05. The number of benzene rings is 1. The highest BCUT2D eigenvalue weighted by molar-refractivity contribution is 5.83. The van der Waals surface area contributed by atoms with E-state index in [0.29, 0.717) is 12.1 Å². The first-order chi connectivity index (χ1) is 9.75. The molecule has 3 heteroatoms. The molecule has 3 nitrogen and oxygen atoms in total. The highest BCUT2D eigenvalue weighted by Gasteiger charge is 2.21. The molecule has 1 aliphatic rings. The standard InChI is InChI=1S/C17H24N2O/c1-13-5-3-6-16-15(13)8-10-19(16)11-9-18-14(2)17-7-4-12-20-17/h3,5-6,8,10,14,17-18H,4,7,9,11-12H2,1-2H3. The van der Waals surface area contributed by atoms with Gasteiger partial charge in [-0.05, 0) is 44.4 Å². The van der Waals surface area contributed by atoms with E-state index in [4.69, 9.17) is 4.74 Å². The maximum atomic E-state index is 5.72. The molecule has 3 rings (SSSR count). The summed E-state index contributed by atoms with van der Waals surface area (Å²) in [6.45, 7) is 7.32. The molecule has 2 heterocycles. The molecule has 0 aliphatic carbocycles. The van der Waals surface area contributed by atoms with Crippen LogP contribution in [0.4, 0.5) is 0 Å². The van der Waals surface area contributed by atoms with Gasteiger partial charge in [0.1, 0.15) is 0 Å². The number of fused-ring (bicyclic) bond motifs is 1. The summed E-state index contributed by atoms with van der Waals surface area (Å²) in [5.74, 6) is 0. The summed E-state index contributed by atoms with van der Waals surface area (Å²) in [5, 5.41) is 4.96. The Hall–Kier alpha value is -1.32. The van der Waals surface area contributed by atoms with Crippen LogP contribution in [0.2, 0.25) is 0 Å². The fourth-order valence-electron chi connectivity index (χ4n) is 3.11. The third kappa shape index (κ3) is 2.74. The molecule has 1 aromatic heterocycles. The first-order valence-electron chi connectivity index (χ1n) is 7.65. The van der Waals surface area contributed by atoms with Crippen molar-refractivity contribution in [2.75, 3.05) is 13.2 Å². The van der Waals surface area contributed by atoms with E-state index in [1.807, 2.05) is 0 Å². The van der Waals surface area contributed by atoms with Gasteiger partial charge in [-0.3, -0.25) is 0 Å². The Morgan fingerprint density at radius 2 is 2.30 bits per heavy atom. The zero-order chi connectivity index (χ0) is 13.9. The van der Waals surface area contributed by atoms with E-state index in [1.165, 1.54) is 29.3 Å². The van der Waals surface area contributed by atoms with Gasteiger partial charge in [-0.15, -0.1) is 0 Å². The van der Waals surface area contributed by atoms with Crippen LogP contribution in [0, 0.1) is 6.92 Å². The molecular formula is C17H24N2O. The number of nitrogens with one attached hydrogen (secondary N) is 1. The van der Waals surface area contributed by atoms with Crippen LogP contribution >= 0.6 is 0 Å². The minimum Gasteiger partial charge on any atom is -0.377 e. The lowest BCUT2D eigenvalue weighted by atomic mass is 10.1. The first kappa shape index (κ1) is 13.7. The number of ether oxygens (including phenoxy) is 1. The number of hydrogen-bond acceptors (Lipinski definition) is 2. The molecular weight excluding hydrogens is 248 g/mol. The van der Waals surface area contributed by atoms with Crippen LogP contribution in [0.1, 0.15) is 25.3 Å². The van der Waals surface area contributed by atoms with Gasteiger partial charge in [-0.1, -0.05) is 12.1 Å². The Morgan fingerprint density at radius 3 is 3.10 bits per heavy atom. The molecule has 2 aromatic rings. The van der Waals surface area contributed by atoms with Crippen LogP contribution in [-0.2, 0) is 11.3 Å². The largest absolute Gasteiger partial charge is 0.377 e.